The summed E-state index contributed by atoms with van der Waals surface area (Å²) in [6.45, 7) is 1.77. The maximum atomic E-state index is 12.4. The molecule has 0 aliphatic heterocycles. The van der Waals surface area contributed by atoms with Gasteiger partial charge in [0.05, 0.1) is 12.2 Å². The number of nitrogens with one attached hydrogen (secondary N) is 2. The van der Waals surface area contributed by atoms with Crippen molar-refractivity contribution in [3.05, 3.63) is 35.9 Å². The first-order valence-corrected chi connectivity index (χ1v) is 5.12. The normalized spacial score (nSPS) is 13.3. The van der Waals surface area contributed by atoms with E-state index < -0.39 is 11.9 Å². The molecule has 0 aromatic carbocycles. The largest absolute Gasteiger partial charge is 0.433 e. The lowest BCUT2D eigenvalue weighted by molar-refractivity contribution is -0.141. The van der Waals surface area contributed by atoms with E-state index in [1.54, 1.807) is 19.3 Å². The van der Waals surface area contributed by atoms with Crippen LogP contribution >= 0.6 is 0 Å². The summed E-state index contributed by atoms with van der Waals surface area (Å²) in [5, 5.41) is 9.15. The van der Waals surface area contributed by atoms with Crippen LogP contribution in [0.25, 0.3) is 0 Å². The van der Waals surface area contributed by atoms with Crippen LogP contribution in [0, 0.1) is 0 Å². The maximum Gasteiger partial charge on any atom is 0.433 e. The van der Waals surface area contributed by atoms with Crippen molar-refractivity contribution in [1.29, 1.82) is 0 Å². The van der Waals surface area contributed by atoms with Gasteiger partial charge in [0.25, 0.3) is 0 Å². The molecular weight excluding hydrogens is 247 g/mol. The zero-order valence-corrected chi connectivity index (χ0v) is 9.36. The van der Waals surface area contributed by atoms with Crippen LogP contribution in [0.4, 0.5) is 19.1 Å². The van der Waals surface area contributed by atoms with Crippen LogP contribution in [-0.2, 0) is 6.18 Å². The van der Waals surface area contributed by atoms with Crippen molar-refractivity contribution < 1.29 is 13.2 Å². The number of alkyl halides is 3. The molecule has 2 aromatic rings. The number of H-pyrrole nitrogens is 1. The summed E-state index contributed by atoms with van der Waals surface area (Å²) in [6.07, 6.45) is -0.185. The molecule has 1 unspecified atom stereocenters. The Kier molecular flexibility index (Phi) is 3.17. The molecule has 0 saturated heterocycles. The van der Waals surface area contributed by atoms with Crippen molar-refractivity contribution in [3.8, 4) is 0 Å². The van der Waals surface area contributed by atoms with Gasteiger partial charge in [-0.05, 0) is 13.0 Å². The first kappa shape index (κ1) is 12.3. The molecule has 5 nitrogen and oxygen atoms in total. The highest BCUT2D eigenvalue weighted by molar-refractivity contribution is 5.30. The van der Waals surface area contributed by atoms with Crippen LogP contribution in [0.1, 0.15) is 24.2 Å². The third kappa shape index (κ3) is 2.76. The zero-order valence-electron chi connectivity index (χ0n) is 9.36. The Morgan fingerprint density at radius 3 is 2.78 bits per heavy atom. The molecule has 0 aliphatic carbocycles. The fourth-order valence-electron chi connectivity index (χ4n) is 1.36. The van der Waals surface area contributed by atoms with Crippen molar-refractivity contribution in [2.75, 3.05) is 5.32 Å². The number of halogens is 3. The van der Waals surface area contributed by atoms with Crippen LogP contribution in [0.15, 0.2) is 24.7 Å². The monoisotopic (exact) mass is 257 g/mol. The Balaban J connectivity index is 2.15. The van der Waals surface area contributed by atoms with Gasteiger partial charge in [-0.1, -0.05) is 0 Å². The fourth-order valence-corrected chi connectivity index (χ4v) is 1.36. The summed E-state index contributed by atoms with van der Waals surface area (Å²) in [5.74, 6) is -0.0708. The van der Waals surface area contributed by atoms with Gasteiger partial charge in [-0.2, -0.15) is 18.3 Å². The van der Waals surface area contributed by atoms with Gasteiger partial charge in [-0.15, -0.1) is 0 Å². The van der Waals surface area contributed by atoms with Crippen LogP contribution in [-0.4, -0.2) is 20.2 Å². The Labute approximate surface area is 100 Å². The number of nitrogens with zero attached hydrogens (tertiary/aromatic N) is 3. The van der Waals surface area contributed by atoms with Gasteiger partial charge >= 0.3 is 6.18 Å². The molecule has 2 aromatic heterocycles. The number of aromatic amines is 1. The molecule has 2 rings (SSSR count). The van der Waals surface area contributed by atoms with Gasteiger partial charge in [-0.25, -0.2) is 9.97 Å². The molecule has 0 radical (unpaired) electrons. The molecule has 2 heterocycles. The summed E-state index contributed by atoms with van der Waals surface area (Å²) in [7, 11) is 0. The molecular formula is C10H10F3N5. The van der Waals surface area contributed by atoms with E-state index in [2.05, 4.69) is 25.5 Å². The number of aromatic nitrogens is 4. The van der Waals surface area contributed by atoms with Crippen molar-refractivity contribution in [2.24, 2.45) is 0 Å². The van der Waals surface area contributed by atoms with Gasteiger partial charge in [0.15, 0.2) is 0 Å². The Hall–Kier alpha value is -2.12. The number of hydrogen-bond donors (Lipinski definition) is 2. The first-order valence-electron chi connectivity index (χ1n) is 5.12. The fraction of sp³-hybridized carbons (Fsp3) is 0.300. The predicted molar refractivity (Wildman–Crippen MR) is 57.7 cm³/mol. The highest BCUT2D eigenvalue weighted by atomic mass is 19.4. The Morgan fingerprint density at radius 2 is 2.17 bits per heavy atom. The van der Waals surface area contributed by atoms with E-state index in [9.17, 15) is 13.2 Å². The molecule has 0 amide bonds. The third-order valence-electron chi connectivity index (χ3n) is 2.31. The first-order chi connectivity index (χ1) is 8.47. The molecule has 1 atom stereocenters. The van der Waals surface area contributed by atoms with Crippen molar-refractivity contribution in [3.63, 3.8) is 0 Å². The second-order valence-electron chi connectivity index (χ2n) is 3.66. The molecule has 0 fully saturated rings. The predicted octanol–water partition coefficient (Wildman–Crippen LogP) is 2.39. The van der Waals surface area contributed by atoms with Crippen LogP contribution in [0.2, 0.25) is 0 Å². The molecule has 0 bridgehead atoms. The lowest BCUT2D eigenvalue weighted by Gasteiger charge is -2.13. The molecule has 96 valence electrons. The molecule has 18 heavy (non-hydrogen) atoms. The summed E-state index contributed by atoms with van der Waals surface area (Å²) < 4.78 is 37.3. The summed E-state index contributed by atoms with van der Waals surface area (Å²) in [4.78, 5) is 7.17. The highest BCUT2D eigenvalue weighted by Gasteiger charge is 2.32. The molecule has 8 heteroatoms. The zero-order chi connectivity index (χ0) is 13.2. The standard InChI is InChI=1S/C10H10F3N5/c1-6(7-4-15-16-5-7)17-9-14-3-2-8(18-9)10(11,12)13/h2-6H,1H3,(H,15,16)(H,14,17,18). The van der Waals surface area contributed by atoms with Gasteiger partial charge < -0.3 is 5.32 Å². The van der Waals surface area contributed by atoms with Gasteiger partial charge in [0.1, 0.15) is 5.69 Å². The minimum Gasteiger partial charge on any atom is -0.348 e. The quantitative estimate of drug-likeness (QED) is 0.886. The Bertz CT molecular complexity index is 508. The van der Waals surface area contributed by atoms with E-state index in [1.165, 1.54) is 0 Å². The van der Waals surface area contributed by atoms with E-state index in [1.807, 2.05) is 0 Å². The van der Waals surface area contributed by atoms with E-state index >= 15 is 0 Å². The lowest BCUT2D eigenvalue weighted by atomic mass is 10.2. The summed E-state index contributed by atoms with van der Waals surface area (Å²) >= 11 is 0. The number of anilines is 1. The second-order valence-corrected chi connectivity index (χ2v) is 3.66. The van der Waals surface area contributed by atoms with Crippen molar-refractivity contribution in [1.82, 2.24) is 20.2 Å². The molecule has 2 N–H and O–H groups in total. The molecule has 0 saturated carbocycles. The van der Waals surface area contributed by atoms with Crippen molar-refractivity contribution >= 4 is 5.95 Å². The summed E-state index contributed by atoms with van der Waals surface area (Å²) in [6, 6.07) is 0.584. The Morgan fingerprint density at radius 1 is 1.39 bits per heavy atom. The van der Waals surface area contributed by atoms with E-state index in [0.29, 0.717) is 0 Å². The highest BCUT2D eigenvalue weighted by Crippen LogP contribution is 2.28. The van der Waals surface area contributed by atoms with Crippen LogP contribution in [0.5, 0.6) is 0 Å². The molecule has 0 aliphatic rings. The van der Waals surface area contributed by atoms with E-state index in [-0.39, 0.29) is 12.0 Å². The van der Waals surface area contributed by atoms with Gasteiger partial charge in [0.2, 0.25) is 5.95 Å². The minimum absolute atomic E-state index is 0.0708. The van der Waals surface area contributed by atoms with E-state index in [4.69, 9.17) is 0 Å². The smallest absolute Gasteiger partial charge is 0.348 e. The number of rotatable bonds is 3. The minimum atomic E-state index is -4.47. The van der Waals surface area contributed by atoms with Crippen molar-refractivity contribution in [2.45, 2.75) is 19.1 Å². The lowest BCUT2D eigenvalue weighted by Crippen LogP contribution is -2.13. The van der Waals surface area contributed by atoms with Gasteiger partial charge in [-0.3, -0.25) is 5.10 Å². The van der Waals surface area contributed by atoms with Gasteiger partial charge in [0, 0.05) is 18.0 Å². The van der Waals surface area contributed by atoms with Crippen LogP contribution in [0.3, 0.4) is 0 Å². The topological polar surface area (TPSA) is 66.5 Å². The summed E-state index contributed by atoms with van der Waals surface area (Å²) in [5.41, 5.74) is -0.171. The SMILES string of the molecule is CC(Nc1nccc(C(F)(F)F)n1)c1cn[nH]c1. The average Bonchev–Trinajstić information content (AvgIpc) is 2.81. The number of hydrogen-bond acceptors (Lipinski definition) is 4. The third-order valence-corrected chi connectivity index (χ3v) is 2.31. The average molecular weight is 257 g/mol. The second kappa shape index (κ2) is 4.63. The molecule has 0 spiro atoms. The maximum absolute atomic E-state index is 12.4. The van der Waals surface area contributed by atoms with Crippen LogP contribution < -0.4 is 5.32 Å². The van der Waals surface area contributed by atoms with E-state index in [0.717, 1.165) is 17.8 Å².